The van der Waals surface area contributed by atoms with Crippen molar-refractivity contribution in [2.45, 2.75) is 52.6 Å². The maximum atomic E-state index is 5.88. The van der Waals surface area contributed by atoms with Crippen LogP contribution in [0.5, 0.6) is 5.75 Å². The van der Waals surface area contributed by atoms with Gasteiger partial charge in [-0.3, -0.25) is 0 Å². The van der Waals surface area contributed by atoms with E-state index < -0.39 is 0 Å². The maximum Gasteiger partial charge on any atom is 0.122 e. The van der Waals surface area contributed by atoms with E-state index in [0.717, 1.165) is 18.7 Å². The molecule has 1 aromatic rings. The topological polar surface area (TPSA) is 21.3 Å². The Bertz CT molecular complexity index is 377. The normalized spacial score (nSPS) is 11.9. The molecule has 0 aliphatic carbocycles. The number of rotatable bonds is 5. The first-order chi connectivity index (χ1) is 8.34. The lowest BCUT2D eigenvalue weighted by molar-refractivity contribution is 0.240. The highest BCUT2D eigenvalue weighted by molar-refractivity contribution is 5.40. The summed E-state index contributed by atoms with van der Waals surface area (Å²) in [6.07, 6.45) is 1.22. The molecule has 0 radical (unpaired) electrons. The molecule has 0 heterocycles. The molecule has 0 aromatic heterocycles. The van der Waals surface area contributed by atoms with Gasteiger partial charge in [-0.25, -0.2) is 0 Å². The standard InChI is InChI=1S/C16H27NO/c1-12(2)18-15-8-7-14(16(3,4)5)11-13(15)9-10-17-6/h7-8,11-12,17H,9-10H2,1-6H3. The summed E-state index contributed by atoms with van der Waals surface area (Å²) < 4.78 is 5.88. The molecule has 0 fully saturated rings. The number of likely N-dealkylation sites (N-methyl/N-ethyl adjacent to an activating group) is 1. The fourth-order valence-electron chi connectivity index (χ4n) is 1.87. The van der Waals surface area contributed by atoms with E-state index >= 15 is 0 Å². The average molecular weight is 249 g/mol. The minimum atomic E-state index is 0.185. The monoisotopic (exact) mass is 249 g/mol. The lowest BCUT2D eigenvalue weighted by Crippen LogP contribution is -2.16. The van der Waals surface area contributed by atoms with E-state index in [4.69, 9.17) is 4.74 Å². The van der Waals surface area contributed by atoms with Gasteiger partial charge in [-0.05, 0) is 56.5 Å². The number of hydrogen-bond donors (Lipinski definition) is 1. The van der Waals surface area contributed by atoms with Gasteiger partial charge in [-0.1, -0.05) is 32.9 Å². The largest absolute Gasteiger partial charge is 0.491 e. The molecule has 0 aliphatic rings. The van der Waals surface area contributed by atoms with Crippen LogP contribution in [0, 0.1) is 0 Å². The molecule has 0 aliphatic heterocycles. The smallest absolute Gasteiger partial charge is 0.122 e. The van der Waals surface area contributed by atoms with E-state index in [1.165, 1.54) is 11.1 Å². The van der Waals surface area contributed by atoms with Crippen LogP contribution in [0.4, 0.5) is 0 Å². The molecule has 0 spiro atoms. The lowest BCUT2D eigenvalue weighted by atomic mass is 9.85. The van der Waals surface area contributed by atoms with Crippen molar-refractivity contribution < 1.29 is 4.74 Å². The minimum absolute atomic E-state index is 0.185. The first kappa shape index (κ1) is 15.0. The van der Waals surface area contributed by atoms with Gasteiger partial charge in [0, 0.05) is 0 Å². The molecule has 2 nitrogen and oxygen atoms in total. The summed E-state index contributed by atoms with van der Waals surface area (Å²) in [5.74, 6) is 1.02. The summed E-state index contributed by atoms with van der Waals surface area (Å²) >= 11 is 0. The number of benzene rings is 1. The fourth-order valence-corrected chi connectivity index (χ4v) is 1.87. The summed E-state index contributed by atoms with van der Waals surface area (Å²) in [4.78, 5) is 0. The first-order valence-electron chi connectivity index (χ1n) is 6.79. The number of hydrogen-bond acceptors (Lipinski definition) is 2. The number of ether oxygens (including phenoxy) is 1. The predicted molar refractivity (Wildman–Crippen MR) is 78.5 cm³/mol. The second kappa shape index (κ2) is 6.24. The van der Waals surface area contributed by atoms with Crippen molar-refractivity contribution in [1.82, 2.24) is 5.32 Å². The molecule has 1 aromatic carbocycles. The molecule has 1 rings (SSSR count). The van der Waals surface area contributed by atoms with Gasteiger partial charge in [0.25, 0.3) is 0 Å². The molecule has 1 N–H and O–H groups in total. The van der Waals surface area contributed by atoms with Crippen LogP contribution in [-0.2, 0) is 11.8 Å². The third-order valence-electron chi connectivity index (χ3n) is 2.93. The quantitative estimate of drug-likeness (QED) is 0.862. The SMILES string of the molecule is CNCCc1cc(C(C)(C)C)ccc1OC(C)C. The van der Waals surface area contributed by atoms with Gasteiger partial charge in [0.05, 0.1) is 6.10 Å². The fraction of sp³-hybridized carbons (Fsp3) is 0.625. The van der Waals surface area contributed by atoms with Gasteiger partial charge in [-0.15, -0.1) is 0 Å². The molecule has 18 heavy (non-hydrogen) atoms. The van der Waals surface area contributed by atoms with Gasteiger partial charge < -0.3 is 10.1 Å². The van der Waals surface area contributed by atoms with E-state index in [2.05, 4.69) is 58.1 Å². The van der Waals surface area contributed by atoms with Crippen molar-refractivity contribution in [3.05, 3.63) is 29.3 Å². The summed E-state index contributed by atoms with van der Waals surface area (Å²) in [5.41, 5.74) is 2.85. The maximum absolute atomic E-state index is 5.88. The summed E-state index contributed by atoms with van der Waals surface area (Å²) in [7, 11) is 1.98. The molecule has 0 saturated heterocycles. The minimum Gasteiger partial charge on any atom is -0.491 e. The Balaban J connectivity index is 3.04. The molecule has 0 unspecified atom stereocenters. The van der Waals surface area contributed by atoms with Crippen LogP contribution < -0.4 is 10.1 Å². The second-order valence-corrected chi connectivity index (χ2v) is 6.09. The Labute approximate surface area is 112 Å². The van der Waals surface area contributed by atoms with Gasteiger partial charge in [0.15, 0.2) is 0 Å². The van der Waals surface area contributed by atoms with Gasteiger partial charge in [0.2, 0.25) is 0 Å². The predicted octanol–water partition coefficient (Wildman–Crippen LogP) is 3.53. The Morgan fingerprint density at radius 2 is 1.89 bits per heavy atom. The Hall–Kier alpha value is -1.02. The van der Waals surface area contributed by atoms with E-state index in [0.29, 0.717) is 0 Å². The Morgan fingerprint density at radius 1 is 1.22 bits per heavy atom. The van der Waals surface area contributed by atoms with Crippen LogP contribution in [0.1, 0.15) is 45.7 Å². The summed E-state index contributed by atoms with van der Waals surface area (Å²) in [5, 5.41) is 3.20. The molecule has 102 valence electrons. The van der Waals surface area contributed by atoms with Crippen molar-refractivity contribution in [2.75, 3.05) is 13.6 Å². The molecule has 0 bridgehead atoms. The molecular formula is C16H27NO. The van der Waals surface area contributed by atoms with Crippen molar-refractivity contribution in [1.29, 1.82) is 0 Å². The highest BCUT2D eigenvalue weighted by Crippen LogP contribution is 2.28. The van der Waals surface area contributed by atoms with Crippen LogP contribution >= 0.6 is 0 Å². The Kier molecular flexibility index (Phi) is 5.21. The van der Waals surface area contributed by atoms with Crippen molar-refractivity contribution in [3.8, 4) is 5.75 Å². The molecule has 0 amide bonds. The molecule has 0 atom stereocenters. The van der Waals surface area contributed by atoms with E-state index in [1.807, 2.05) is 7.05 Å². The third kappa shape index (κ3) is 4.34. The van der Waals surface area contributed by atoms with Gasteiger partial charge in [0.1, 0.15) is 5.75 Å². The van der Waals surface area contributed by atoms with Crippen LogP contribution in [0.2, 0.25) is 0 Å². The second-order valence-electron chi connectivity index (χ2n) is 6.09. The summed E-state index contributed by atoms with van der Waals surface area (Å²) in [6, 6.07) is 6.58. The molecular weight excluding hydrogens is 222 g/mol. The van der Waals surface area contributed by atoms with Crippen LogP contribution in [-0.4, -0.2) is 19.7 Å². The zero-order valence-corrected chi connectivity index (χ0v) is 12.6. The highest BCUT2D eigenvalue weighted by Gasteiger charge is 2.16. The molecule has 0 saturated carbocycles. The van der Waals surface area contributed by atoms with Crippen LogP contribution in [0.15, 0.2) is 18.2 Å². The third-order valence-corrected chi connectivity index (χ3v) is 2.93. The first-order valence-corrected chi connectivity index (χ1v) is 6.79. The van der Waals surface area contributed by atoms with Crippen molar-refractivity contribution >= 4 is 0 Å². The van der Waals surface area contributed by atoms with Gasteiger partial charge in [-0.2, -0.15) is 0 Å². The van der Waals surface area contributed by atoms with Crippen molar-refractivity contribution in [3.63, 3.8) is 0 Å². The zero-order chi connectivity index (χ0) is 13.8. The van der Waals surface area contributed by atoms with Crippen LogP contribution in [0.25, 0.3) is 0 Å². The molecule has 2 heteroatoms. The zero-order valence-electron chi connectivity index (χ0n) is 12.6. The number of nitrogens with one attached hydrogen (secondary N) is 1. The van der Waals surface area contributed by atoms with Gasteiger partial charge >= 0.3 is 0 Å². The van der Waals surface area contributed by atoms with E-state index in [9.17, 15) is 0 Å². The van der Waals surface area contributed by atoms with E-state index in [-0.39, 0.29) is 11.5 Å². The lowest BCUT2D eigenvalue weighted by Gasteiger charge is -2.22. The summed E-state index contributed by atoms with van der Waals surface area (Å²) in [6.45, 7) is 11.8. The average Bonchev–Trinajstić information content (AvgIpc) is 2.25. The van der Waals surface area contributed by atoms with Crippen molar-refractivity contribution in [2.24, 2.45) is 0 Å². The van der Waals surface area contributed by atoms with Crippen LogP contribution in [0.3, 0.4) is 0 Å². The highest BCUT2D eigenvalue weighted by atomic mass is 16.5. The Morgan fingerprint density at radius 3 is 2.39 bits per heavy atom. The van der Waals surface area contributed by atoms with E-state index in [1.54, 1.807) is 0 Å².